The number of hydrogen-bond acceptors (Lipinski definition) is 4. The first-order chi connectivity index (χ1) is 12.8. The maximum atomic E-state index is 13.6. The van der Waals surface area contributed by atoms with Gasteiger partial charge < -0.3 is 10.4 Å². The van der Waals surface area contributed by atoms with Crippen LogP contribution in [0.5, 0.6) is 0 Å². The Labute approximate surface area is 152 Å². The van der Waals surface area contributed by atoms with Crippen LogP contribution in [-0.2, 0) is 6.18 Å². The molecule has 27 heavy (non-hydrogen) atoms. The van der Waals surface area contributed by atoms with Crippen LogP contribution in [0, 0.1) is 5.82 Å². The minimum absolute atomic E-state index is 0.0172. The Hall–Kier alpha value is -3.00. The first kappa shape index (κ1) is 18.8. The fourth-order valence-corrected chi connectivity index (χ4v) is 2.51. The normalized spacial score (nSPS) is 12.6. The molecule has 0 aliphatic carbocycles. The summed E-state index contributed by atoms with van der Waals surface area (Å²) in [4.78, 5) is 7.89. The fourth-order valence-electron chi connectivity index (χ4n) is 2.51. The van der Waals surface area contributed by atoms with Crippen molar-refractivity contribution in [1.82, 2.24) is 9.97 Å². The second kappa shape index (κ2) is 7.71. The van der Waals surface area contributed by atoms with Gasteiger partial charge in [0.15, 0.2) is 0 Å². The summed E-state index contributed by atoms with van der Waals surface area (Å²) < 4.78 is 52.2. The van der Waals surface area contributed by atoms with Crippen LogP contribution >= 0.6 is 0 Å². The Kier molecular flexibility index (Phi) is 5.36. The van der Waals surface area contributed by atoms with Gasteiger partial charge in [0.05, 0.1) is 17.4 Å². The van der Waals surface area contributed by atoms with Crippen LogP contribution in [0.15, 0.2) is 60.9 Å². The van der Waals surface area contributed by atoms with E-state index in [1.165, 1.54) is 6.07 Å². The summed E-state index contributed by atoms with van der Waals surface area (Å²) in [6, 6.07) is 12.6. The summed E-state index contributed by atoms with van der Waals surface area (Å²) >= 11 is 0. The predicted molar refractivity (Wildman–Crippen MR) is 92.3 cm³/mol. The number of hydrogen-bond donors (Lipinski definition) is 2. The third-order valence-electron chi connectivity index (χ3n) is 3.85. The molecule has 0 saturated carbocycles. The molecule has 0 spiro atoms. The highest BCUT2D eigenvalue weighted by molar-refractivity contribution is 5.63. The number of nitrogens with one attached hydrogen (secondary N) is 1. The van der Waals surface area contributed by atoms with Gasteiger partial charge in [0.25, 0.3) is 0 Å². The zero-order valence-electron chi connectivity index (χ0n) is 13.9. The monoisotopic (exact) mass is 377 g/mol. The summed E-state index contributed by atoms with van der Waals surface area (Å²) in [6.45, 7) is 0.136. The number of rotatable bonds is 5. The highest BCUT2D eigenvalue weighted by Gasteiger charge is 2.31. The number of aliphatic hydroxyl groups excluding tert-OH is 1. The second-order valence-electron chi connectivity index (χ2n) is 5.82. The van der Waals surface area contributed by atoms with Crippen LogP contribution in [-0.4, -0.2) is 21.6 Å². The quantitative estimate of drug-likeness (QED) is 0.645. The molecule has 0 saturated heterocycles. The third-order valence-corrected chi connectivity index (χ3v) is 3.85. The molecule has 8 heteroatoms. The first-order valence-electron chi connectivity index (χ1n) is 8.00. The van der Waals surface area contributed by atoms with Crippen molar-refractivity contribution in [2.75, 3.05) is 11.9 Å². The average Bonchev–Trinajstić information content (AvgIpc) is 2.66. The molecule has 0 fully saturated rings. The molecule has 4 nitrogen and oxygen atoms in total. The summed E-state index contributed by atoms with van der Waals surface area (Å²) in [7, 11) is 0. The summed E-state index contributed by atoms with van der Waals surface area (Å²) in [5.74, 6) is -0.708. The lowest BCUT2D eigenvalue weighted by atomic mass is 10.1. The molecule has 140 valence electrons. The third kappa shape index (κ3) is 4.79. The molecule has 0 aliphatic heterocycles. The number of alkyl halides is 3. The van der Waals surface area contributed by atoms with Crippen molar-refractivity contribution in [2.24, 2.45) is 0 Å². The van der Waals surface area contributed by atoms with Gasteiger partial charge in [-0.1, -0.05) is 30.3 Å². The molecule has 1 heterocycles. The van der Waals surface area contributed by atoms with Crippen LogP contribution < -0.4 is 5.32 Å². The van der Waals surface area contributed by atoms with Gasteiger partial charge in [-0.3, -0.25) is 0 Å². The highest BCUT2D eigenvalue weighted by atomic mass is 19.4. The van der Waals surface area contributed by atoms with E-state index in [0.717, 1.165) is 18.5 Å². The molecule has 0 aliphatic rings. The minimum Gasteiger partial charge on any atom is -0.387 e. The Morgan fingerprint density at radius 2 is 1.74 bits per heavy atom. The second-order valence-corrected chi connectivity index (χ2v) is 5.82. The van der Waals surface area contributed by atoms with Gasteiger partial charge in [-0.15, -0.1) is 0 Å². The summed E-state index contributed by atoms with van der Waals surface area (Å²) in [5, 5.41) is 13.0. The summed E-state index contributed by atoms with van der Waals surface area (Å²) in [6.07, 6.45) is -4.30. The number of halogens is 4. The molecular formula is C19H15F4N3O. The van der Waals surface area contributed by atoms with E-state index in [-0.39, 0.29) is 17.8 Å². The zero-order chi connectivity index (χ0) is 19.4. The van der Waals surface area contributed by atoms with E-state index in [1.807, 2.05) is 6.07 Å². The summed E-state index contributed by atoms with van der Waals surface area (Å²) in [5.41, 5.74) is -0.271. The van der Waals surface area contributed by atoms with E-state index in [0.29, 0.717) is 17.4 Å². The van der Waals surface area contributed by atoms with Gasteiger partial charge >= 0.3 is 6.18 Å². The molecule has 0 amide bonds. The van der Waals surface area contributed by atoms with Crippen LogP contribution in [0.2, 0.25) is 0 Å². The van der Waals surface area contributed by atoms with Crippen molar-refractivity contribution in [1.29, 1.82) is 0 Å². The standard InChI is InChI=1S/C19H15F4N3O/c20-15-7-13(6-14(8-15)19(21,22)23)16-9-18(26-11-25-16)24-10-17(27)12-4-2-1-3-5-12/h1-9,11,17,27H,10H2,(H,24,25,26). The molecule has 0 radical (unpaired) electrons. The fraction of sp³-hybridized carbons (Fsp3) is 0.158. The smallest absolute Gasteiger partial charge is 0.387 e. The highest BCUT2D eigenvalue weighted by Crippen LogP contribution is 2.33. The van der Waals surface area contributed by atoms with E-state index in [4.69, 9.17) is 0 Å². The maximum Gasteiger partial charge on any atom is 0.416 e. The molecule has 1 unspecified atom stereocenters. The number of aromatic nitrogens is 2. The van der Waals surface area contributed by atoms with Crippen molar-refractivity contribution >= 4 is 5.82 Å². The SMILES string of the molecule is OC(CNc1cc(-c2cc(F)cc(C(F)(F)F)c2)ncn1)c1ccccc1. The maximum absolute atomic E-state index is 13.6. The average molecular weight is 377 g/mol. The van der Waals surface area contributed by atoms with E-state index < -0.39 is 23.7 Å². The number of nitrogens with zero attached hydrogens (tertiary/aromatic N) is 2. The largest absolute Gasteiger partial charge is 0.416 e. The van der Waals surface area contributed by atoms with Crippen molar-refractivity contribution in [3.05, 3.63) is 77.9 Å². The van der Waals surface area contributed by atoms with Gasteiger partial charge in [-0.2, -0.15) is 13.2 Å². The number of aliphatic hydroxyl groups is 1. The zero-order valence-corrected chi connectivity index (χ0v) is 13.9. The van der Waals surface area contributed by atoms with E-state index in [2.05, 4.69) is 15.3 Å². The minimum atomic E-state index is -4.66. The van der Waals surface area contributed by atoms with Crippen molar-refractivity contribution in [3.63, 3.8) is 0 Å². The first-order valence-corrected chi connectivity index (χ1v) is 8.00. The Bertz CT molecular complexity index is 916. The van der Waals surface area contributed by atoms with Crippen LogP contribution in [0.25, 0.3) is 11.3 Å². The van der Waals surface area contributed by atoms with Crippen LogP contribution in [0.3, 0.4) is 0 Å². The molecule has 1 atom stereocenters. The van der Waals surface area contributed by atoms with Gasteiger partial charge in [0.1, 0.15) is 18.0 Å². The van der Waals surface area contributed by atoms with Crippen molar-refractivity contribution < 1.29 is 22.7 Å². The van der Waals surface area contributed by atoms with Crippen molar-refractivity contribution in [3.8, 4) is 11.3 Å². The van der Waals surface area contributed by atoms with E-state index >= 15 is 0 Å². The molecule has 3 rings (SSSR count). The molecule has 2 N–H and O–H groups in total. The molecule has 1 aromatic heterocycles. The van der Waals surface area contributed by atoms with E-state index in [9.17, 15) is 22.7 Å². The molecule has 2 aromatic carbocycles. The van der Waals surface area contributed by atoms with E-state index in [1.54, 1.807) is 24.3 Å². The van der Waals surface area contributed by atoms with Crippen LogP contribution in [0.1, 0.15) is 17.2 Å². The topological polar surface area (TPSA) is 58.0 Å². The lowest BCUT2D eigenvalue weighted by Gasteiger charge is -2.13. The Balaban J connectivity index is 1.79. The molecule has 3 aromatic rings. The van der Waals surface area contributed by atoms with Gasteiger partial charge in [-0.05, 0) is 23.8 Å². The Morgan fingerprint density at radius 1 is 1.00 bits per heavy atom. The van der Waals surface area contributed by atoms with Crippen LogP contribution in [0.4, 0.5) is 23.4 Å². The number of benzene rings is 2. The number of anilines is 1. The lowest BCUT2D eigenvalue weighted by molar-refractivity contribution is -0.137. The van der Waals surface area contributed by atoms with Crippen molar-refractivity contribution in [2.45, 2.75) is 12.3 Å². The van der Waals surface area contributed by atoms with Gasteiger partial charge in [-0.25, -0.2) is 14.4 Å². The predicted octanol–water partition coefficient (Wildman–Crippen LogP) is 4.45. The molecular weight excluding hydrogens is 362 g/mol. The van der Waals surface area contributed by atoms with Gasteiger partial charge in [0, 0.05) is 18.2 Å². The molecule has 0 bridgehead atoms. The Morgan fingerprint density at radius 3 is 2.44 bits per heavy atom. The lowest BCUT2D eigenvalue weighted by Crippen LogP contribution is -2.13. The van der Waals surface area contributed by atoms with Gasteiger partial charge in [0.2, 0.25) is 0 Å².